The summed E-state index contributed by atoms with van der Waals surface area (Å²) in [6.45, 7) is 5.13. The van der Waals surface area contributed by atoms with Gasteiger partial charge < -0.3 is 20.3 Å². The van der Waals surface area contributed by atoms with Crippen molar-refractivity contribution < 1.29 is 14.3 Å². The van der Waals surface area contributed by atoms with E-state index in [4.69, 9.17) is 4.74 Å². The topological polar surface area (TPSA) is 70.7 Å². The number of halogens is 1. The van der Waals surface area contributed by atoms with Crippen molar-refractivity contribution in [2.45, 2.75) is 32.2 Å². The van der Waals surface area contributed by atoms with Crippen LogP contribution in [0.25, 0.3) is 0 Å². The molecule has 0 radical (unpaired) electrons. The van der Waals surface area contributed by atoms with Gasteiger partial charge in [-0.1, -0.05) is 12.1 Å². The van der Waals surface area contributed by atoms with Crippen molar-refractivity contribution >= 4 is 24.2 Å². The summed E-state index contributed by atoms with van der Waals surface area (Å²) >= 11 is 0. The number of fused-ring (bicyclic) bond motifs is 1. The average molecular weight is 396 g/mol. The van der Waals surface area contributed by atoms with Crippen molar-refractivity contribution in [1.82, 2.24) is 15.5 Å². The van der Waals surface area contributed by atoms with E-state index in [2.05, 4.69) is 10.6 Å². The molecule has 2 heterocycles. The highest BCUT2D eigenvalue weighted by Gasteiger charge is 2.33. The van der Waals surface area contributed by atoms with E-state index in [0.717, 1.165) is 50.3 Å². The third-order valence-corrected chi connectivity index (χ3v) is 5.58. The molecule has 2 saturated heterocycles. The molecule has 0 saturated carbocycles. The number of amides is 2. The molecule has 3 rings (SSSR count). The summed E-state index contributed by atoms with van der Waals surface area (Å²) in [5, 5.41) is 6.31. The Hall–Kier alpha value is -1.79. The van der Waals surface area contributed by atoms with Gasteiger partial charge >= 0.3 is 0 Å². The number of nitrogens with zero attached hydrogens (tertiary/aromatic N) is 1. The molecule has 2 amide bonds. The van der Waals surface area contributed by atoms with Crippen LogP contribution in [0.1, 0.15) is 25.3 Å². The molecule has 27 heavy (non-hydrogen) atoms. The van der Waals surface area contributed by atoms with E-state index in [-0.39, 0.29) is 24.2 Å². The third-order valence-electron chi connectivity index (χ3n) is 5.58. The molecule has 0 bridgehead atoms. The van der Waals surface area contributed by atoms with Crippen molar-refractivity contribution in [1.29, 1.82) is 0 Å². The lowest BCUT2D eigenvalue weighted by molar-refractivity contribution is -0.136. The van der Waals surface area contributed by atoms with Gasteiger partial charge in [-0.15, -0.1) is 12.4 Å². The molecule has 2 N–H and O–H groups in total. The first-order valence-electron chi connectivity index (χ1n) is 9.46. The number of ether oxygens (including phenoxy) is 1. The van der Waals surface area contributed by atoms with Gasteiger partial charge in [-0.25, -0.2) is 0 Å². The van der Waals surface area contributed by atoms with Crippen molar-refractivity contribution in [3.05, 3.63) is 29.8 Å². The molecule has 3 atom stereocenters. The van der Waals surface area contributed by atoms with Crippen LogP contribution < -0.4 is 15.4 Å². The minimum absolute atomic E-state index is 0. The number of methoxy groups -OCH3 is 1. The van der Waals surface area contributed by atoms with Gasteiger partial charge in [0.1, 0.15) is 11.8 Å². The van der Waals surface area contributed by atoms with Crippen molar-refractivity contribution in [2.24, 2.45) is 11.8 Å². The SMILES string of the molecule is COc1cccc(CC(NC(C)=O)C(=O)N2CC[C@@H]3CNC[C@@H]3CC2)c1.Cl. The zero-order valence-corrected chi connectivity index (χ0v) is 16.9. The van der Waals surface area contributed by atoms with E-state index >= 15 is 0 Å². The molecule has 2 fully saturated rings. The molecule has 0 aromatic heterocycles. The summed E-state index contributed by atoms with van der Waals surface area (Å²) in [5.41, 5.74) is 0.979. The van der Waals surface area contributed by atoms with Crippen LogP contribution in [-0.2, 0) is 16.0 Å². The first kappa shape index (κ1) is 21.5. The molecule has 7 heteroatoms. The van der Waals surface area contributed by atoms with E-state index in [1.54, 1.807) is 7.11 Å². The lowest BCUT2D eigenvalue weighted by Gasteiger charge is -2.27. The highest BCUT2D eigenvalue weighted by molar-refractivity contribution is 5.87. The maximum atomic E-state index is 13.1. The summed E-state index contributed by atoms with van der Waals surface area (Å²) < 4.78 is 5.26. The summed E-state index contributed by atoms with van der Waals surface area (Å²) in [6.07, 6.45) is 2.55. The third kappa shape index (κ3) is 5.59. The highest BCUT2D eigenvalue weighted by Crippen LogP contribution is 2.27. The Morgan fingerprint density at radius 2 is 1.93 bits per heavy atom. The van der Waals surface area contributed by atoms with E-state index in [1.165, 1.54) is 6.92 Å². The Balaban J connectivity index is 0.00000261. The number of carbonyl (C=O) groups is 2. The Labute approximate surface area is 167 Å². The fraction of sp³-hybridized carbons (Fsp3) is 0.600. The van der Waals surface area contributed by atoms with Crippen molar-refractivity contribution in [3.63, 3.8) is 0 Å². The molecule has 0 spiro atoms. The summed E-state index contributed by atoms with van der Waals surface area (Å²) in [7, 11) is 1.62. The van der Waals surface area contributed by atoms with E-state index in [1.807, 2.05) is 29.2 Å². The van der Waals surface area contributed by atoms with Gasteiger partial charge in [-0.2, -0.15) is 0 Å². The molecule has 150 valence electrons. The van der Waals surface area contributed by atoms with Crippen LogP contribution in [0.4, 0.5) is 0 Å². The molecule has 1 unspecified atom stereocenters. The van der Waals surface area contributed by atoms with Gasteiger partial charge in [0.05, 0.1) is 7.11 Å². The lowest BCUT2D eigenvalue weighted by atomic mass is 9.92. The van der Waals surface area contributed by atoms with Gasteiger partial charge in [0.2, 0.25) is 11.8 Å². The zero-order valence-electron chi connectivity index (χ0n) is 16.1. The molecular weight excluding hydrogens is 366 g/mol. The zero-order chi connectivity index (χ0) is 18.5. The molecule has 2 aliphatic heterocycles. The summed E-state index contributed by atoms with van der Waals surface area (Å²) in [4.78, 5) is 26.7. The van der Waals surface area contributed by atoms with Gasteiger partial charge in [0, 0.05) is 26.4 Å². The van der Waals surface area contributed by atoms with Crippen LogP contribution in [0.3, 0.4) is 0 Å². The molecule has 6 nitrogen and oxygen atoms in total. The Kier molecular flexibility index (Phi) is 7.92. The first-order valence-corrected chi connectivity index (χ1v) is 9.46. The number of rotatable bonds is 5. The van der Waals surface area contributed by atoms with Crippen LogP contribution in [-0.4, -0.2) is 56.0 Å². The number of carbonyl (C=O) groups excluding carboxylic acids is 2. The number of benzene rings is 1. The van der Waals surface area contributed by atoms with Crippen LogP contribution in [0.5, 0.6) is 5.75 Å². The second kappa shape index (κ2) is 9.95. The number of hydrogen-bond donors (Lipinski definition) is 2. The maximum Gasteiger partial charge on any atom is 0.245 e. The molecule has 0 aliphatic carbocycles. The smallest absolute Gasteiger partial charge is 0.245 e. The van der Waals surface area contributed by atoms with Gasteiger partial charge in [-0.05, 0) is 55.5 Å². The maximum absolute atomic E-state index is 13.1. The standard InChI is InChI=1S/C20H29N3O3.ClH/c1-14(24)22-19(11-15-4-3-5-18(10-15)26-2)20(25)23-8-6-16-12-21-13-17(16)7-9-23;/h3-5,10,16-17,19,21H,6-9,11-13H2,1-2H3,(H,22,24);1H/t16-,17+,19?;. The van der Waals surface area contributed by atoms with E-state index in [0.29, 0.717) is 18.3 Å². The summed E-state index contributed by atoms with van der Waals surface area (Å²) in [5.74, 6) is 1.94. The molecule has 1 aromatic carbocycles. The number of hydrogen-bond acceptors (Lipinski definition) is 4. The highest BCUT2D eigenvalue weighted by atomic mass is 35.5. The monoisotopic (exact) mass is 395 g/mol. The van der Waals surface area contributed by atoms with Crippen LogP contribution in [0.15, 0.2) is 24.3 Å². The van der Waals surface area contributed by atoms with E-state index < -0.39 is 6.04 Å². The second-order valence-electron chi connectivity index (χ2n) is 7.39. The largest absolute Gasteiger partial charge is 0.497 e. The fourth-order valence-electron chi connectivity index (χ4n) is 4.14. The number of likely N-dealkylation sites (tertiary alicyclic amines) is 1. The molecule has 1 aromatic rings. The predicted octanol–water partition coefficient (Wildman–Crippen LogP) is 1.62. The Morgan fingerprint density at radius 1 is 1.26 bits per heavy atom. The van der Waals surface area contributed by atoms with Crippen LogP contribution >= 0.6 is 12.4 Å². The quantitative estimate of drug-likeness (QED) is 0.794. The Bertz CT molecular complexity index is 641. The van der Waals surface area contributed by atoms with Gasteiger partial charge in [0.15, 0.2) is 0 Å². The average Bonchev–Trinajstić information content (AvgIpc) is 2.99. The van der Waals surface area contributed by atoms with Crippen molar-refractivity contribution in [2.75, 3.05) is 33.3 Å². The second-order valence-corrected chi connectivity index (χ2v) is 7.39. The van der Waals surface area contributed by atoms with Crippen molar-refractivity contribution in [3.8, 4) is 5.75 Å². The Morgan fingerprint density at radius 3 is 2.52 bits per heavy atom. The van der Waals surface area contributed by atoms with Gasteiger partial charge in [0.25, 0.3) is 0 Å². The summed E-state index contributed by atoms with van der Waals surface area (Å²) in [6, 6.07) is 7.13. The van der Waals surface area contributed by atoms with E-state index in [9.17, 15) is 9.59 Å². The minimum atomic E-state index is -0.532. The van der Waals surface area contributed by atoms with Crippen LogP contribution in [0.2, 0.25) is 0 Å². The minimum Gasteiger partial charge on any atom is -0.497 e. The predicted molar refractivity (Wildman–Crippen MR) is 107 cm³/mol. The fourth-order valence-corrected chi connectivity index (χ4v) is 4.14. The normalized spacial score (nSPS) is 22.8. The first-order chi connectivity index (χ1) is 12.6. The lowest BCUT2D eigenvalue weighted by Crippen LogP contribution is -2.49. The molecule has 2 aliphatic rings. The van der Waals surface area contributed by atoms with Gasteiger partial charge in [-0.3, -0.25) is 9.59 Å². The molecular formula is C20H30ClN3O3. The van der Waals surface area contributed by atoms with Crippen LogP contribution in [0, 0.1) is 11.8 Å². The number of nitrogens with one attached hydrogen (secondary N) is 2.